The second kappa shape index (κ2) is 6.40. The molecule has 0 radical (unpaired) electrons. The van der Waals surface area contributed by atoms with Crippen LogP contribution >= 0.6 is 0 Å². The van der Waals surface area contributed by atoms with E-state index in [4.69, 9.17) is 0 Å². The fraction of sp³-hybridized carbons (Fsp3) is 0.308. The van der Waals surface area contributed by atoms with Crippen molar-refractivity contribution in [2.75, 3.05) is 6.54 Å². The van der Waals surface area contributed by atoms with E-state index in [1.807, 2.05) is 0 Å². The zero-order chi connectivity index (χ0) is 13.7. The minimum Gasteiger partial charge on any atom is -0.390 e. The minimum atomic E-state index is -0.622. The van der Waals surface area contributed by atoms with Crippen LogP contribution in [0.25, 0.3) is 0 Å². The van der Waals surface area contributed by atoms with Crippen molar-refractivity contribution in [1.29, 1.82) is 0 Å². The molecule has 0 fully saturated rings. The number of hydrogen-bond acceptors (Lipinski definition) is 3. The molecule has 0 saturated carbocycles. The Kier molecular flexibility index (Phi) is 4.59. The number of aromatic nitrogens is 2. The number of nitrogens with one attached hydrogen (secondary N) is 1. The minimum absolute atomic E-state index is 0.238. The summed E-state index contributed by atoms with van der Waals surface area (Å²) in [6.45, 7) is 0.908. The van der Waals surface area contributed by atoms with Gasteiger partial charge in [0.2, 0.25) is 0 Å². The number of rotatable bonds is 6. The number of hydrogen-bond donors (Lipinski definition) is 2. The summed E-state index contributed by atoms with van der Waals surface area (Å²) in [6.07, 6.45) is 2.76. The molecule has 1 atom stereocenters. The van der Waals surface area contributed by atoms with Crippen molar-refractivity contribution in [1.82, 2.24) is 15.1 Å². The van der Waals surface area contributed by atoms with Gasteiger partial charge in [-0.2, -0.15) is 5.10 Å². The molecule has 1 aromatic heterocycles. The molecule has 1 aromatic carbocycles. The molecule has 1 heterocycles. The molecule has 0 bridgehead atoms. The quantitative estimate of drug-likeness (QED) is 0.829. The van der Waals surface area contributed by atoms with E-state index in [9.17, 15) is 13.9 Å². The fourth-order valence-corrected chi connectivity index (χ4v) is 1.73. The molecule has 1 unspecified atom stereocenters. The summed E-state index contributed by atoms with van der Waals surface area (Å²) in [5, 5.41) is 16.6. The number of nitrogens with zero attached hydrogens (tertiary/aromatic N) is 2. The lowest BCUT2D eigenvalue weighted by Crippen LogP contribution is -2.30. The summed E-state index contributed by atoms with van der Waals surface area (Å²) < 4.78 is 27.6. The van der Waals surface area contributed by atoms with Gasteiger partial charge >= 0.3 is 0 Å². The van der Waals surface area contributed by atoms with E-state index in [2.05, 4.69) is 10.4 Å². The molecular weight excluding hydrogens is 252 g/mol. The lowest BCUT2D eigenvalue weighted by atomic mass is 10.2. The van der Waals surface area contributed by atoms with Crippen LogP contribution in [0.15, 0.2) is 36.7 Å². The van der Waals surface area contributed by atoms with E-state index >= 15 is 0 Å². The summed E-state index contributed by atoms with van der Waals surface area (Å²) >= 11 is 0. The Balaban J connectivity index is 1.76. The van der Waals surface area contributed by atoms with E-state index in [0.717, 1.165) is 6.07 Å². The van der Waals surface area contributed by atoms with Crippen LogP contribution in [0.4, 0.5) is 8.78 Å². The summed E-state index contributed by atoms with van der Waals surface area (Å²) in [5.41, 5.74) is 0.368. The normalized spacial score (nSPS) is 12.6. The molecule has 0 aliphatic heterocycles. The molecule has 2 rings (SSSR count). The van der Waals surface area contributed by atoms with Gasteiger partial charge in [-0.3, -0.25) is 4.68 Å². The van der Waals surface area contributed by atoms with Crippen molar-refractivity contribution < 1.29 is 13.9 Å². The summed E-state index contributed by atoms with van der Waals surface area (Å²) in [4.78, 5) is 0. The Bertz CT molecular complexity index is 517. The second-order valence-corrected chi connectivity index (χ2v) is 4.25. The van der Waals surface area contributed by atoms with Crippen molar-refractivity contribution in [2.24, 2.45) is 0 Å². The maximum atomic E-state index is 13.3. The second-order valence-electron chi connectivity index (χ2n) is 4.25. The Labute approximate surface area is 109 Å². The Morgan fingerprint density at radius 1 is 1.37 bits per heavy atom. The molecular formula is C13H15F2N3O. The van der Waals surface area contributed by atoms with Crippen molar-refractivity contribution in [3.8, 4) is 0 Å². The molecule has 2 N–H and O–H groups in total. The molecule has 4 nitrogen and oxygen atoms in total. The van der Waals surface area contributed by atoms with Gasteiger partial charge in [-0.05, 0) is 12.1 Å². The fourth-order valence-electron chi connectivity index (χ4n) is 1.73. The number of halogens is 2. The first kappa shape index (κ1) is 13.6. The Hall–Kier alpha value is -1.79. The van der Waals surface area contributed by atoms with Gasteiger partial charge in [0.15, 0.2) is 0 Å². The molecule has 0 aliphatic rings. The highest BCUT2D eigenvalue weighted by molar-refractivity contribution is 5.18. The zero-order valence-electron chi connectivity index (χ0n) is 10.3. The maximum Gasteiger partial charge on any atom is 0.130 e. The van der Waals surface area contributed by atoms with Crippen molar-refractivity contribution >= 4 is 0 Å². The predicted molar refractivity (Wildman–Crippen MR) is 66.3 cm³/mol. The van der Waals surface area contributed by atoms with E-state index in [-0.39, 0.29) is 6.54 Å². The van der Waals surface area contributed by atoms with Crippen molar-refractivity contribution in [3.05, 3.63) is 53.9 Å². The lowest BCUT2D eigenvalue weighted by Gasteiger charge is -2.12. The molecule has 0 spiro atoms. The van der Waals surface area contributed by atoms with Crippen LogP contribution in [0.2, 0.25) is 0 Å². The molecule has 0 amide bonds. The molecule has 6 heteroatoms. The van der Waals surface area contributed by atoms with Crippen LogP contribution in [-0.4, -0.2) is 27.5 Å². The van der Waals surface area contributed by atoms with E-state index in [1.165, 1.54) is 12.1 Å². The first-order valence-electron chi connectivity index (χ1n) is 5.95. The standard InChI is InChI=1S/C13H15F2N3O/c14-11-3-2-10(13(15)6-11)7-16-8-12(19)9-18-5-1-4-17-18/h1-6,12,16,19H,7-9H2. The predicted octanol–water partition coefficient (Wildman–Crippen LogP) is 1.31. The highest BCUT2D eigenvalue weighted by Gasteiger charge is 2.07. The van der Waals surface area contributed by atoms with E-state index in [0.29, 0.717) is 18.7 Å². The van der Waals surface area contributed by atoms with Crippen LogP contribution < -0.4 is 5.32 Å². The van der Waals surface area contributed by atoms with Crippen LogP contribution in [0, 0.1) is 11.6 Å². The molecule has 0 aliphatic carbocycles. The molecule has 19 heavy (non-hydrogen) atoms. The largest absolute Gasteiger partial charge is 0.390 e. The van der Waals surface area contributed by atoms with E-state index in [1.54, 1.807) is 23.1 Å². The summed E-state index contributed by atoms with van der Waals surface area (Å²) in [5.74, 6) is -1.19. The van der Waals surface area contributed by atoms with Crippen LogP contribution in [-0.2, 0) is 13.1 Å². The van der Waals surface area contributed by atoms with Gasteiger partial charge in [0.25, 0.3) is 0 Å². The smallest absolute Gasteiger partial charge is 0.130 e. The monoisotopic (exact) mass is 267 g/mol. The van der Waals surface area contributed by atoms with Gasteiger partial charge in [0.1, 0.15) is 11.6 Å². The zero-order valence-corrected chi connectivity index (χ0v) is 10.3. The maximum absolute atomic E-state index is 13.3. The van der Waals surface area contributed by atoms with Crippen molar-refractivity contribution in [3.63, 3.8) is 0 Å². The van der Waals surface area contributed by atoms with Gasteiger partial charge in [0.05, 0.1) is 12.6 Å². The lowest BCUT2D eigenvalue weighted by molar-refractivity contribution is 0.146. The van der Waals surface area contributed by atoms with Gasteiger partial charge in [-0.1, -0.05) is 6.07 Å². The SMILES string of the molecule is OC(CNCc1ccc(F)cc1F)Cn1cccn1. The summed E-state index contributed by atoms with van der Waals surface area (Å²) in [7, 11) is 0. The third-order valence-corrected chi connectivity index (χ3v) is 2.67. The van der Waals surface area contributed by atoms with Gasteiger partial charge in [-0.25, -0.2) is 8.78 Å². The molecule has 102 valence electrons. The van der Waals surface area contributed by atoms with Crippen LogP contribution in [0.5, 0.6) is 0 Å². The average Bonchev–Trinajstić information content (AvgIpc) is 2.84. The third-order valence-electron chi connectivity index (χ3n) is 2.67. The third kappa shape index (κ3) is 4.11. The number of aliphatic hydroxyl groups excluding tert-OH is 1. The average molecular weight is 267 g/mol. The Morgan fingerprint density at radius 3 is 2.89 bits per heavy atom. The first-order chi connectivity index (χ1) is 9.15. The van der Waals surface area contributed by atoms with Crippen LogP contribution in [0.1, 0.15) is 5.56 Å². The van der Waals surface area contributed by atoms with Gasteiger partial charge < -0.3 is 10.4 Å². The number of aliphatic hydroxyl groups is 1. The Morgan fingerprint density at radius 2 is 2.21 bits per heavy atom. The van der Waals surface area contributed by atoms with Gasteiger partial charge in [0, 0.05) is 37.1 Å². The highest BCUT2D eigenvalue weighted by Crippen LogP contribution is 2.08. The first-order valence-corrected chi connectivity index (χ1v) is 5.95. The van der Waals surface area contributed by atoms with Crippen molar-refractivity contribution in [2.45, 2.75) is 19.2 Å². The highest BCUT2D eigenvalue weighted by atomic mass is 19.1. The number of benzene rings is 1. The molecule has 0 saturated heterocycles. The van der Waals surface area contributed by atoms with Crippen LogP contribution in [0.3, 0.4) is 0 Å². The van der Waals surface area contributed by atoms with E-state index < -0.39 is 17.7 Å². The topological polar surface area (TPSA) is 50.1 Å². The summed E-state index contributed by atoms with van der Waals surface area (Å²) in [6, 6.07) is 5.21. The van der Waals surface area contributed by atoms with Gasteiger partial charge in [-0.15, -0.1) is 0 Å². The molecule has 2 aromatic rings.